The summed E-state index contributed by atoms with van der Waals surface area (Å²) in [6.45, 7) is 8.55. The number of nitrogens with zero attached hydrogens (tertiary/aromatic N) is 2. The highest BCUT2D eigenvalue weighted by molar-refractivity contribution is 7.09. The Labute approximate surface area is 116 Å². The molecule has 0 saturated heterocycles. The molecule has 0 fully saturated rings. The van der Waals surface area contributed by atoms with Gasteiger partial charge in [-0.25, -0.2) is 4.98 Å². The Morgan fingerprint density at radius 1 is 1.33 bits per heavy atom. The molecule has 1 N–H and O–H groups in total. The number of hydrogen-bond donors (Lipinski definition) is 1. The summed E-state index contributed by atoms with van der Waals surface area (Å²) >= 11 is 1.74. The van der Waals surface area contributed by atoms with Crippen molar-refractivity contribution in [1.82, 2.24) is 15.2 Å². The first-order valence-electron chi connectivity index (χ1n) is 6.86. The van der Waals surface area contributed by atoms with Crippen LogP contribution in [0.5, 0.6) is 0 Å². The number of hydrogen-bond acceptors (Lipinski definition) is 4. The summed E-state index contributed by atoms with van der Waals surface area (Å²) in [5.74, 6) is 0.769. The van der Waals surface area contributed by atoms with E-state index in [4.69, 9.17) is 0 Å². The molecule has 3 nitrogen and oxygen atoms in total. The number of aryl methyl sites for hydroxylation is 1. The Morgan fingerprint density at radius 2 is 2.00 bits per heavy atom. The van der Waals surface area contributed by atoms with E-state index in [1.807, 2.05) is 6.92 Å². The van der Waals surface area contributed by atoms with Crippen LogP contribution in [-0.4, -0.2) is 36.6 Å². The van der Waals surface area contributed by atoms with Crippen molar-refractivity contribution in [2.75, 3.05) is 20.6 Å². The second kappa shape index (κ2) is 7.87. The lowest BCUT2D eigenvalue weighted by atomic mass is 9.93. The summed E-state index contributed by atoms with van der Waals surface area (Å²) in [7, 11) is 4.36. The number of aromatic nitrogens is 1. The first-order chi connectivity index (χ1) is 8.58. The molecule has 18 heavy (non-hydrogen) atoms. The van der Waals surface area contributed by atoms with Crippen LogP contribution in [0, 0.1) is 12.8 Å². The SMILES string of the molecule is CCC(CC)C(CNCc1nc(C)cs1)N(C)C. The van der Waals surface area contributed by atoms with Gasteiger partial charge in [-0.15, -0.1) is 11.3 Å². The minimum Gasteiger partial charge on any atom is -0.309 e. The Kier molecular flexibility index (Phi) is 6.82. The Bertz CT molecular complexity index is 332. The maximum absolute atomic E-state index is 4.48. The number of nitrogens with one attached hydrogen (secondary N) is 1. The van der Waals surface area contributed by atoms with Gasteiger partial charge in [-0.2, -0.15) is 0 Å². The van der Waals surface area contributed by atoms with Gasteiger partial charge in [-0.1, -0.05) is 26.7 Å². The third kappa shape index (κ3) is 4.67. The van der Waals surface area contributed by atoms with Crippen molar-refractivity contribution in [2.24, 2.45) is 5.92 Å². The van der Waals surface area contributed by atoms with Gasteiger partial charge in [0.15, 0.2) is 0 Å². The molecule has 0 radical (unpaired) electrons. The van der Waals surface area contributed by atoms with Crippen LogP contribution in [0.15, 0.2) is 5.38 Å². The summed E-state index contributed by atoms with van der Waals surface area (Å²) < 4.78 is 0. The molecule has 1 aromatic rings. The molecule has 0 aliphatic carbocycles. The molecule has 0 aliphatic heterocycles. The zero-order chi connectivity index (χ0) is 13.5. The van der Waals surface area contributed by atoms with Crippen LogP contribution in [0.2, 0.25) is 0 Å². The number of thiazole rings is 1. The zero-order valence-corrected chi connectivity index (χ0v) is 13.2. The molecule has 0 spiro atoms. The van der Waals surface area contributed by atoms with E-state index >= 15 is 0 Å². The van der Waals surface area contributed by atoms with Gasteiger partial charge in [0.2, 0.25) is 0 Å². The van der Waals surface area contributed by atoms with Crippen molar-refractivity contribution in [3.63, 3.8) is 0 Å². The molecule has 1 aromatic heterocycles. The van der Waals surface area contributed by atoms with Gasteiger partial charge in [-0.3, -0.25) is 0 Å². The molecular weight excluding hydrogens is 242 g/mol. The molecule has 0 amide bonds. The van der Waals surface area contributed by atoms with Gasteiger partial charge < -0.3 is 10.2 Å². The quantitative estimate of drug-likeness (QED) is 0.786. The van der Waals surface area contributed by atoms with E-state index in [-0.39, 0.29) is 0 Å². The molecule has 1 rings (SSSR count). The molecule has 1 atom stereocenters. The van der Waals surface area contributed by atoms with E-state index in [9.17, 15) is 0 Å². The fraction of sp³-hybridized carbons (Fsp3) is 0.786. The van der Waals surface area contributed by atoms with Crippen molar-refractivity contribution in [2.45, 2.75) is 46.2 Å². The minimum absolute atomic E-state index is 0.612. The van der Waals surface area contributed by atoms with Crippen LogP contribution in [0.3, 0.4) is 0 Å². The van der Waals surface area contributed by atoms with Crippen LogP contribution in [-0.2, 0) is 6.54 Å². The highest BCUT2D eigenvalue weighted by atomic mass is 32.1. The standard InChI is InChI=1S/C14H27N3S/c1-6-12(7-2)13(17(4)5)8-15-9-14-16-11(3)10-18-14/h10,12-13,15H,6-9H2,1-5H3. The average molecular weight is 269 g/mol. The van der Waals surface area contributed by atoms with Gasteiger partial charge in [-0.05, 0) is 26.9 Å². The summed E-state index contributed by atoms with van der Waals surface area (Å²) in [6, 6.07) is 0.612. The summed E-state index contributed by atoms with van der Waals surface area (Å²) in [5.41, 5.74) is 1.13. The Balaban J connectivity index is 2.42. The predicted molar refractivity (Wildman–Crippen MR) is 80.1 cm³/mol. The molecule has 104 valence electrons. The van der Waals surface area contributed by atoms with E-state index in [1.165, 1.54) is 17.8 Å². The maximum atomic E-state index is 4.48. The summed E-state index contributed by atoms with van der Waals surface area (Å²) in [4.78, 5) is 6.82. The van der Waals surface area contributed by atoms with Crippen LogP contribution >= 0.6 is 11.3 Å². The maximum Gasteiger partial charge on any atom is 0.107 e. The second-order valence-corrected chi connectivity index (χ2v) is 6.06. The third-order valence-corrected chi connectivity index (χ3v) is 4.52. The van der Waals surface area contributed by atoms with E-state index in [2.05, 4.69) is 48.5 Å². The molecule has 0 aromatic carbocycles. The topological polar surface area (TPSA) is 28.2 Å². The van der Waals surface area contributed by atoms with Crippen LogP contribution in [0.25, 0.3) is 0 Å². The molecule has 0 saturated carbocycles. The smallest absolute Gasteiger partial charge is 0.107 e. The first kappa shape index (κ1) is 15.6. The van der Waals surface area contributed by atoms with E-state index < -0.39 is 0 Å². The normalized spacial score (nSPS) is 13.5. The van der Waals surface area contributed by atoms with Crippen molar-refractivity contribution in [1.29, 1.82) is 0 Å². The van der Waals surface area contributed by atoms with Crippen molar-refractivity contribution in [3.05, 3.63) is 16.1 Å². The fourth-order valence-electron chi connectivity index (χ4n) is 2.41. The van der Waals surface area contributed by atoms with Gasteiger partial charge in [0.25, 0.3) is 0 Å². The molecule has 1 heterocycles. The predicted octanol–water partition coefficient (Wildman–Crippen LogP) is 2.91. The highest BCUT2D eigenvalue weighted by Gasteiger charge is 2.20. The second-order valence-electron chi connectivity index (χ2n) is 5.12. The van der Waals surface area contributed by atoms with Crippen molar-refractivity contribution >= 4 is 11.3 Å². The third-order valence-electron chi connectivity index (χ3n) is 3.55. The van der Waals surface area contributed by atoms with Crippen molar-refractivity contribution in [3.8, 4) is 0 Å². The highest BCUT2D eigenvalue weighted by Crippen LogP contribution is 2.16. The molecular formula is C14H27N3S. The first-order valence-corrected chi connectivity index (χ1v) is 7.74. The zero-order valence-electron chi connectivity index (χ0n) is 12.4. The van der Waals surface area contributed by atoms with E-state index in [0.29, 0.717) is 6.04 Å². The van der Waals surface area contributed by atoms with E-state index in [1.54, 1.807) is 11.3 Å². The van der Waals surface area contributed by atoms with E-state index in [0.717, 1.165) is 24.7 Å². The van der Waals surface area contributed by atoms with Crippen molar-refractivity contribution < 1.29 is 0 Å². The molecule has 4 heteroatoms. The van der Waals surface area contributed by atoms with Gasteiger partial charge in [0.1, 0.15) is 5.01 Å². The van der Waals surface area contributed by atoms with Crippen LogP contribution in [0.1, 0.15) is 37.4 Å². The monoisotopic (exact) mass is 269 g/mol. The van der Waals surface area contributed by atoms with Crippen LogP contribution < -0.4 is 5.32 Å². The van der Waals surface area contributed by atoms with Gasteiger partial charge in [0.05, 0.1) is 0 Å². The Morgan fingerprint density at radius 3 is 2.44 bits per heavy atom. The van der Waals surface area contributed by atoms with Crippen LogP contribution in [0.4, 0.5) is 0 Å². The molecule has 0 aliphatic rings. The fourth-order valence-corrected chi connectivity index (χ4v) is 3.16. The molecule has 1 unspecified atom stereocenters. The Hall–Kier alpha value is -0.450. The summed E-state index contributed by atoms with van der Waals surface area (Å²) in [5, 5.41) is 6.85. The lowest BCUT2D eigenvalue weighted by Crippen LogP contribution is -2.42. The molecule has 0 bridgehead atoms. The van der Waals surface area contributed by atoms with Gasteiger partial charge in [0, 0.05) is 30.2 Å². The summed E-state index contributed by atoms with van der Waals surface area (Å²) in [6.07, 6.45) is 2.49. The largest absolute Gasteiger partial charge is 0.309 e. The van der Waals surface area contributed by atoms with Gasteiger partial charge >= 0.3 is 0 Å². The lowest BCUT2D eigenvalue weighted by molar-refractivity contribution is 0.194. The minimum atomic E-state index is 0.612. The lowest BCUT2D eigenvalue weighted by Gasteiger charge is -2.31. The number of likely N-dealkylation sites (N-methyl/N-ethyl adjacent to an activating group) is 1. The average Bonchev–Trinajstić information content (AvgIpc) is 2.74. The number of rotatable bonds is 8.